The number of pyridine rings is 1. The lowest BCUT2D eigenvalue weighted by molar-refractivity contribution is 0.0746. The Kier molecular flexibility index (Phi) is 6.10. The number of hydrogen-bond donors (Lipinski definition) is 1. The van der Waals surface area contributed by atoms with Crippen LogP contribution < -0.4 is 10.2 Å². The molecule has 1 aliphatic rings. The number of benzene rings is 1. The third kappa shape index (κ3) is 4.54. The molecule has 1 amide bonds. The summed E-state index contributed by atoms with van der Waals surface area (Å²) in [5.74, 6) is 0.873. The summed E-state index contributed by atoms with van der Waals surface area (Å²) in [6, 6.07) is 12.2. The molecule has 0 radical (unpaired) electrons. The van der Waals surface area contributed by atoms with Gasteiger partial charge in [0, 0.05) is 50.2 Å². The number of unbranched alkanes of at least 4 members (excludes halogenated alkanes) is 1. The normalized spacial score (nSPS) is 14.4. The number of aryl methyl sites for hydroxylation is 1. The average molecular weight is 352 g/mol. The predicted molar refractivity (Wildman–Crippen MR) is 107 cm³/mol. The van der Waals surface area contributed by atoms with Gasteiger partial charge < -0.3 is 15.1 Å². The fourth-order valence-electron chi connectivity index (χ4n) is 3.23. The Labute approximate surface area is 156 Å². The minimum absolute atomic E-state index is 0.0924. The first kappa shape index (κ1) is 18.2. The van der Waals surface area contributed by atoms with Crippen LogP contribution in [0.25, 0.3) is 0 Å². The Morgan fingerprint density at radius 3 is 2.69 bits per heavy atom. The van der Waals surface area contributed by atoms with E-state index in [1.807, 2.05) is 11.0 Å². The Bertz CT molecular complexity index is 738. The topological polar surface area (TPSA) is 48.5 Å². The Hall–Kier alpha value is -2.56. The van der Waals surface area contributed by atoms with Crippen LogP contribution in [0.1, 0.15) is 35.7 Å². The van der Waals surface area contributed by atoms with Crippen molar-refractivity contribution in [3.63, 3.8) is 0 Å². The van der Waals surface area contributed by atoms with Crippen molar-refractivity contribution in [3.8, 4) is 0 Å². The van der Waals surface area contributed by atoms with Gasteiger partial charge in [-0.15, -0.1) is 0 Å². The maximum absolute atomic E-state index is 12.8. The van der Waals surface area contributed by atoms with Crippen molar-refractivity contribution >= 4 is 17.4 Å². The number of carbonyl (C=O) groups is 1. The zero-order valence-electron chi connectivity index (χ0n) is 15.7. The molecule has 0 spiro atoms. The number of piperazine rings is 1. The van der Waals surface area contributed by atoms with Gasteiger partial charge in [-0.3, -0.25) is 4.79 Å². The Morgan fingerprint density at radius 1 is 1.15 bits per heavy atom. The molecule has 1 saturated heterocycles. The molecule has 0 aliphatic carbocycles. The van der Waals surface area contributed by atoms with Crippen LogP contribution in [0.5, 0.6) is 0 Å². The number of aromatic nitrogens is 1. The van der Waals surface area contributed by atoms with Crippen LogP contribution in [0.3, 0.4) is 0 Å². The van der Waals surface area contributed by atoms with Gasteiger partial charge in [-0.1, -0.05) is 25.5 Å². The first-order valence-electron chi connectivity index (χ1n) is 9.48. The maximum atomic E-state index is 12.8. The van der Waals surface area contributed by atoms with Crippen LogP contribution in [0.15, 0.2) is 42.6 Å². The van der Waals surface area contributed by atoms with Crippen LogP contribution in [-0.2, 0) is 0 Å². The molecule has 0 bridgehead atoms. The summed E-state index contributed by atoms with van der Waals surface area (Å²) < 4.78 is 0. The second-order valence-corrected chi connectivity index (χ2v) is 6.83. The monoisotopic (exact) mass is 352 g/mol. The molecule has 3 rings (SSSR count). The fraction of sp³-hybridized carbons (Fsp3) is 0.429. The maximum Gasteiger partial charge on any atom is 0.254 e. The van der Waals surface area contributed by atoms with Crippen LogP contribution in [0, 0.1) is 6.92 Å². The van der Waals surface area contributed by atoms with Gasteiger partial charge in [0.1, 0.15) is 5.82 Å². The average Bonchev–Trinajstić information content (AvgIpc) is 2.68. The second-order valence-electron chi connectivity index (χ2n) is 6.83. The quantitative estimate of drug-likeness (QED) is 0.808. The Morgan fingerprint density at radius 2 is 1.96 bits per heavy atom. The van der Waals surface area contributed by atoms with E-state index in [9.17, 15) is 4.79 Å². The number of nitrogens with zero attached hydrogens (tertiary/aromatic N) is 3. The minimum atomic E-state index is 0.0924. The molecule has 26 heavy (non-hydrogen) atoms. The third-order valence-corrected chi connectivity index (χ3v) is 4.78. The molecule has 5 nitrogen and oxygen atoms in total. The van der Waals surface area contributed by atoms with Crippen molar-refractivity contribution in [3.05, 3.63) is 53.7 Å². The highest BCUT2D eigenvalue weighted by molar-refractivity contribution is 5.95. The molecule has 5 heteroatoms. The summed E-state index contributed by atoms with van der Waals surface area (Å²) >= 11 is 0. The highest BCUT2D eigenvalue weighted by Gasteiger charge is 2.22. The molecule has 1 aliphatic heterocycles. The number of anilines is 2. The van der Waals surface area contributed by atoms with E-state index >= 15 is 0 Å². The van der Waals surface area contributed by atoms with Crippen molar-refractivity contribution in [1.82, 2.24) is 9.88 Å². The molecule has 1 fully saturated rings. The van der Waals surface area contributed by atoms with Gasteiger partial charge in [-0.25, -0.2) is 4.98 Å². The van der Waals surface area contributed by atoms with E-state index < -0.39 is 0 Å². The van der Waals surface area contributed by atoms with Gasteiger partial charge in [-0.2, -0.15) is 0 Å². The molecule has 1 aromatic carbocycles. The van der Waals surface area contributed by atoms with E-state index in [1.165, 1.54) is 11.3 Å². The largest absolute Gasteiger partial charge is 0.370 e. The number of amides is 1. The van der Waals surface area contributed by atoms with Gasteiger partial charge in [0.25, 0.3) is 5.91 Å². The van der Waals surface area contributed by atoms with E-state index in [0.717, 1.165) is 51.4 Å². The van der Waals surface area contributed by atoms with Crippen molar-refractivity contribution in [2.24, 2.45) is 0 Å². The van der Waals surface area contributed by atoms with Gasteiger partial charge >= 0.3 is 0 Å². The molecule has 138 valence electrons. The van der Waals surface area contributed by atoms with E-state index in [1.54, 1.807) is 12.3 Å². The van der Waals surface area contributed by atoms with E-state index in [-0.39, 0.29) is 5.91 Å². The minimum Gasteiger partial charge on any atom is -0.370 e. The first-order valence-corrected chi connectivity index (χ1v) is 9.48. The predicted octanol–water partition coefficient (Wildman–Crippen LogP) is 3.56. The fourth-order valence-corrected chi connectivity index (χ4v) is 3.23. The van der Waals surface area contributed by atoms with Crippen LogP contribution in [0.4, 0.5) is 11.5 Å². The summed E-state index contributed by atoms with van der Waals surface area (Å²) in [5, 5.41) is 3.29. The van der Waals surface area contributed by atoms with E-state index in [4.69, 9.17) is 0 Å². The van der Waals surface area contributed by atoms with Crippen molar-refractivity contribution in [2.75, 3.05) is 42.9 Å². The first-order chi connectivity index (χ1) is 12.7. The molecular formula is C21H28N4O. The van der Waals surface area contributed by atoms with Gasteiger partial charge in [0.2, 0.25) is 0 Å². The van der Waals surface area contributed by atoms with Gasteiger partial charge in [-0.05, 0) is 43.2 Å². The SMILES string of the molecule is CCCCNc1cc(C(=O)N2CCN(c3cccc(C)c3)CC2)ccn1. The summed E-state index contributed by atoms with van der Waals surface area (Å²) in [5.41, 5.74) is 3.22. The Balaban J connectivity index is 1.59. The number of carbonyl (C=O) groups excluding carboxylic acids is 1. The summed E-state index contributed by atoms with van der Waals surface area (Å²) in [6.07, 6.45) is 3.95. The molecule has 1 N–H and O–H groups in total. The standard InChI is InChI=1S/C21H28N4O/c1-3-4-9-22-20-16-18(8-10-23-20)21(26)25-13-11-24(12-14-25)19-7-5-6-17(2)15-19/h5-8,10,15-16H,3-4,9,11-14H2,1-2H3,(H,22,23). The van der Waals surface area contributed by atoms with Crippen molar-refractivity contribution < 1.29 is 4.79 Å². The van der Waals surface area contributed by atoms with Crippen molar-refractivity contribution in [1.29, 1.82) is 0 Å². The molecule has 0 saturated carbocycles. The second kappa shape index (κ2) is 8.70. The molecular weight excluding hydrogens is 324 g/mol. The highest BCUT2D eigenvalue weighted by atomic mass is 16.2. The number of rotatable bonds is 6. The highest BCUT2D eigenvalue weighted by Crippen LogP contribution is 2.19. The molecule has 2 aromatic rings. The number of hydrogen-bond acceptors (Lipinski definition) is 4. The van der Waals surface area contributed by atoms with Crippen molar-refractivity contribution in [2.45, 2.75) is 26.7 Å². The molecule has 0 atom stereocenters. The summed E-state index contributed by atoms with van der Waals surface area (Å²) in [7, 11) is 0. The molecule has 1 aromatic heterocycles. The summed E-state index contributed by atoms with van der Waals surface area (Å²) in [6.45, 7) is 8.37. The molecule has 2 heterocycles. The molecule has 0 unspecified atom stereocenters. The van der Waals surface area contributed by atoms with Crippen LogP contribution >= 0.6 is 0 Å². The summed E-state index contributed by atoms with van der Waals surface area (Å²) in [4.78, 5) is 21.4. The zero-order chi connectivity index (χ0) is 18.4. The lowest BCUT2D eigenvalue weighted by Gasteiger charge is -2.36. The van der Waals surface area contributed by atoms with E-state index in [0.29, 0.717) is 5.56 Å². The zero-order valence-corrected chi connectivity index (χ0v) is 15.7. The van der Waals surface area contributed by atoms with Crippen LogP contribution in [-0.4, -0.2) is 48.5 Å². The van der Waals surface area contributed by atoms with Crippen LogP contribution in [0.2, 0.25) is 0 Å². The lowest BCUT2D eigenvalue weighted by Crippen LogP contribution is -2.48. The smallest absolute Gasteiger partial charge is 0.254 e. The van der Waals surface area contributed by atoms with E-state index in [2.05, 4.69) is 53.3 Å². The third-order valence-electron chi connectivity index (χ3n) is 4.78. The van der Waals surface area contributed by atoms with Gasteiger partial charge in [0.15, 0.2) is 0 Å². The van der Waals surface area contributed by atoms with Gasteiger partial charge in [0.05, 0.1) is 0 Å². The lowest BCUT2D eigenvalue weighted by atomic mass is 10.1. The number of nitrogens with one attached hydrogen (secondary N) is 1.